The highest BCUT2D eigenvalue weighted by Crippen LogP contribution is 2.13. The van der Waals surface area contributed by atoms with Gasteiger partial charge in [-0.3, -0.25) is 0 Å². The van der Waals surface area contributed by atoms with E-state index in [0.717, 1.165) is 18.3 Å². The highest BCUT2D eigenvalue weighted by atomic mass is 16.5. The Hall–Kier alpha value is -0.0800. The summed E-state index contributed by atoms with van der Waals surface area (Å²) in [5.74, 6) is 0. The lowest BCUT2D eigenvalue weighted by Crippen LogP contribution is -2.83. The van der Waals surface area contributed by atoms with Crippen LogP contribution < -0.4 is 5.48 Å². The highest BCUT2D eigenvalue weighted by molar-refractivity contribution is 4.53. The van der Waals surface area contributed by atoms with Crippen molar-refractivity contribution in [2.45, 2.75) is 116 Å². The van der Waals surface area contributed by atoms with Crippen molar-refractivity contribution in [3.63, 3.8) is 0 Å². The van der Waals surface area contributed by atoms with Gasteiger partial charge in [-0.25, -0.2) is 0 Å². The van der Waals surface area contributed by atoms with E-state index < -0.39 is 0 Å². The quantitative estimate of drug-likeness (QED) is 0.303. The van der Waals surface area contributed by atoms with Crippen molar-refractivity contribution >= 4 is 0 Å². The van der Waals surface area contributed by atoms with Gasteiger partial charge in [-0.1, -0.05) is 90.9 Å². The fourth-order valence-corrected chi connectivity index (χ4v) is 2.79. The van der Waals surface area contributed by atoms with Crippen molar-refractivity contribution in [1.29, 1.82) is 0 Å². The summed E-state index contributed by atoms with van der Waals surface area (Å²) in [4.78, 5) is 0. The summed E-state index contributed by atoms with van der Waals surface area (Å²) >= 11 is 0. The standard InChI is InChI=1S/C18H39NO/c1-3-5-6-7-8-9-10-11-12-13-14-15-16-17-18(4-2)19-20/h18H,3-17,19H2,1-2H3. The van der Waals surface area contributed by atoms with Crippen LogP contribution in [0.15, 0.2) is 0 Å². The van der Waals surface area contributed by atoms with E-state index in [9.17, 15) is 5.21 Å². The molecular weight excluding hydrogens is 246 g/mol. The summed E-state index contributed by atoms with van der Waals surface area (Å²) in [6.07, 6.45) is 20.3. The lowest BCUT2D eigenvalue weighted by molar-refractivity contribution is -0.628. The molecule has 0 fully saturated rings. The molecule has 2 N–H and O–H groups in total. The molecule has 0 bridgehead atoms. The number of hydrogen-bond acceptors (Lipinski definition) is 1. The third kappa shape index (κ3) is 14.3. The van der Waals surface area contributed by atoms with Gasteiger partial charge < -0.3 is 10.7 Å². The van der Waals surface area contributed by atoms with Crippen LogP contribution in [-0.2, 0) is 0 Å². The minimum atomic E-state index is 0.322. The predicted octanol–water partition coefficient (Wildman–Crippen LogP) is 5.31. The minimum Gasteiger partial charge on any atom is -0.636 e. The number of hydroxylamine groups is 1. The van der Waals surface area contributed by atoms with E-state index in [2.05, 4.69) is 13.8 Å². The Morgan fingerprint density at radius 1 is 0.650 bits per heavy atom. The number of unbranched alkanes of at least 4 members (excludes halogenated alkanes) is 12. The molecule has 2 heteroatoms. The molecule has 0 aromatic rings. The second kappa shape index (κ2) is 17.0. The van der Waals surface area contributed by atoms with Gasteiger partial charge in [0.05, 0.1) is 6.04 Å². The molecule has 2 nitrogen and oxygen atoms in total. The average Bonchev–Trinajstić information content (AvgIpc) is 2.48. The van der Waals surface area contributed by atoms with Crippen LogP contribution in [0.4, 0.5) is 0 Å². The van der Waals surface area contributed by atoms with Crippen LogP contribution in [0, 0.1) is 5.21 Å². The average molecular weight is 286 g/mol. The van der Waals surface area contributed by atoms with E-state index in [-0.39, 0.29) is 0 Å². The third-order valence-corrected chi connectivity index (χ3v) is 4.40. The van der Waals surface area contributed by atoms with Gasteiger partial charge in [0.1, 0.15) is 0 Å². The Kier molecular flexibility index (Phi) is 16.9. The van der Waals surface area contributed by atoms with Gasteiger partial charge in [-0.05, 0) is 19.3 Å². The maximum Gasteiger partial charge on any atom is 0.0853 e. The molecule has 0 saturated heterocycles. The number of hydrogen-bond donors (Lipinski definition) is 1. The van der Waals surface area contributed by atoms with Crippen LogP contribution in [0.5, 0.6) is 0 Å². The summed E-state index contributed by atoms with van der Waals surface area (Å²) in [6.45, 7) is 4.39. The molecular formula is C18H39NO. The van der Waals surface area contributed by atoms with Crippen LogP contribution in [0.1, 0.15) is 110 Å². The first-order valence-electron chi connectivity index (χ1n) is 9.30. The summed E-state index contributed by atoms with van der Waals surface area (Å²) in [5, 5.41) is 10.7. The summed E-state index contributed by atoms with van der Waals surface area (Å²) in [5.41, 5.74) is 1.14. The molecule has 0 rings (SSSR count). The van der Waals surface area contributed by atoms with Gasteiger partial charge in [0.25, 0.3) is 0 Å². The lowest BCUT2D eigenvalue weighted by atomic mass is 10.0. The minimum absolute atomic E-state index is 0.322. The molecule has 0 radical (unpaired) electrons. The lowest BCUT2D eigenvalue weighted by Gasteiger charge is -2.14. The molecule has 0 saturated carbocycles. The van der Waals surface area contributed by atoms with Crippen LogP contribution in [0.3, 0.4) is 0 Å². The van der Waals surface area contributed by atoms with Gasteiger partial charge in [0, 0.05) is 0 Å². The van der Waals surface area contributed by atoms with Gasteiger partial charge in [0.15, 0.2) is 0 Å². The first kappa shape index (κ1) is 19.9. The molecule has 0 aliphatic heterocycles. The van der Waals surface area contributed by atoms with Crippen molar-refractivity contribution in [2.24, 2.45) is 0 Å². The SMILES string of the molecule is CCCCCCCCCCCCCCCC(CC)[NH2+][O-]. The molecule has 0 aromatic heterocycles. The summed E-state index contributed by atoms with van der Waals surface area (Å²) < 4.78 is 0. The number of quaternary nitrogens is 1. The van der Waals surface area contributed by atoms with Crippen molar-refractivity contribution < 1.29 is 5.48 Å². The van der Waals surface area contributed by atoms with E-state index in [1.807, 2.05) is 0 Å². The molecule has 122 valence electrons. The first-order valence-corrected chi connectivity index (χ1v) is 9.30. The van der Waals surface area contributed by atoms with Gasteiger partial charge >= 0.3 is 0 Å². The van der Waals surface area contributed by atoms with Crippen LogP contribution in [-0.4, -0.2) is 6.04 Å². The zero-order chi connectivity index (χ0) is 14.9. The van der Waals surface area contributed by atoms with E-state index in [0.29, 0.717) is 6.04 Å². The monoisotopic (exact) mass is 285 g/mol. The van der Waals surface area contributed by atoms with E-state index in [4.69, 9.17) is 0 Å². The maximum atomic E-state index is 10.7. The molecule has 1 unspecified atom stereocenters. The van der Waals surface area contributed by atoms with Gasteiger partial charge in [-0.2, -0.15) is 0 Å². The zero-order valence-corrected chi connectivity index (χ0v) is 14.2. The molecule has 0 aliphatic carbocycles. The van der Waals surface area contributed by atoms with E-state index >= 15 is 0 Å². The fourth-order valence-electron chi connectivity index (χ4n) is 2.79. The largest absolute Gasteiger partial charge is 0.636 e. The predicted molar refractivity (Wildman–Crippen MR) is 89.7 cm³/mol. The van der Waals surface area contributed by atoms with Crippen LogP contribution in [0.2, 0.25) is 0 Å². The Balaban J connectivity index is 3.02. The Morgan fingerprint density at radius 3 is 1.40 bits per heavy atom. The first-order chi connectivity index (χ1) is 9.85. The van der Waals surface area contributed by atoms with Gasteiger partial charge in [0.2, 0.25) is 0 Å². The molecule has 0 aromatic carbocycles. The highest BCUT2D eigenvalue weighted by Gasteiger charge is 2.03. The second-order valence-corrected chi connectivity index (χ2v) is 6.34. The Labute approximate surface area is 127 Å². The molecule has 20 heavy (non-hydrogen) atoms. The number of nitrogens with two attached hydrogens (primary N) is 1. The molecule has 0 spiro atoms. The third-order valence-electron chi connectivity index (χ3n) is 4.40. The summed E-state index contributed by atoms with van der Waals surface area (Å²) in [7, 11) is 0. The van der Waals surface area contributed by atoms with Crippen molar-refractivity contribution in [1.82, 2.24) is 0 Å². The van der Waals surface area contributed by atoms with Crippen molar-refractivity contribution in [2.75, 3.05) is 0 Å². The fraction of sp³-hybridized carbons (Fsp3) is 1.00. The van der Waals surface area contributed by atoms with Crippen LogP contribution >= 0.6 is 0 Å². The van der Waals surface area contributed by atoms with E-state index in [1.165, 1.54) is 83.5 Å². The topological polar surface area (TPSA) is 39.7 Å². The van der Waals surface area contributed by atoms with Crippen molar-refractivity contribution in [3.8, 4) is 0 Å². The maximum absolute atomic E-state index is 10.7. The molecule has 0 aliphatic rings. The van der Waals surface area contributed by atoms with Gasteiger partial charge in [-0.15, -0.1) is 0 Å². The Bertz CT molecular complexity index is 169. The van der Waals surface area contributed by atoms with E-state index in [1.54, 1.807) is 0 Å². The molecule has 0 amide bonds. The molecule has 1 atom stereocenters. The van der Waals surface area contributed by atoms with Crippen molar-refractivity contribution in [3.05, 3.63) is 5.21 Å². The Morgan fingerprint density at radius 2 is 1.05 bits per heavy atom. The normalized spacial score (nSPS) is 12.8. The zero-order valence-electron chi connectivity index (χ0n) is 14.2. The van der Waals surface area contributed by atoms with Crippen LogP contribution in [0.25, 0.3) is 0 Å². The number of rotatable bonds is 16. The second-order valence-electron chi connectivity index (χ2n) is 6.34. The smallest absolute Gasteiger partial charge is 0.0853 e. The summed E-state index contributed by atoms with van der Waals surface area (Å²) in [6, 6.07) is 0.322. The molecule has 0 heterocycles.